The van der Waals surface area contributed by atoms with Crippen LogP contribution in [0.5, 0.6) is 17.2 Å². The lowest BCUT2D eigenvalue weighted by molar-refractivity contribution is -0.384. The minimum absolute atomic E-state index is 0.00907. The van der Waals surface area contributed by atoms with Crippen molar-refractivity contribution in [1.82, 2.24) is 0 Å². The van der Waals surface area contributed by atoms with Crippen molar-refractivity contribution in [3.05, 3.63) is 90.2 Å². The first-order valence-corrected chi connectivity index (χ1v) is 13.5. The summed E-state index contributed by atoms with van der Waals surface area (Å²) >= 11 is 16.5. The quantitative estimate of drug-likeness (QED) is 0.104. The molecule has 1 amide bonds. The number of anilines is 1. The fraction of sp³-hybridized carbons (Fsp3) is 0.154. The van der Waals surface area contributed by atoms with Crippen molar-refractivity contribution in [3.8, 4) is 17.2 Å². The second kappa shape index (κ2) is 12.2. The lowest BCUT2D eigenvalue weighted by Crippen LogP contribution is -2.27. The standard InChI is InChI=1S/C26H20BrClN2O6S2/c1-3-35-22-11-16(10-19(27)24(22)36-14-15-4-6-17(7-5-15)30(32)33)12-23-25(31)29(26(37)38-23)18-8-9-21(34-2)20(28)13-18/h4-13H,3,14H2,1-2H3/b23-12+. The van der Waals surface area contributed by atoms with Crippen LogP contribution in [0.2, 0.25) is 5.02 Å². The number of thiocarbonyl (C=S) groups is 1. The first-order chi connectivity index (χ1) is 18.2. The van der Waals surface area contributed by atoms with Crippen LogP contribution in [0, 0.1) is 10.1 Å². The second-order valence-electron chi connectivity index (χ2n) is 7.81. The molecule has 0 unspecified atom stereocenters. The minimum atomic E-state index is -0.451. The molecule has 1 fully saturated rings. The molecule has 1 aliphatic heterocycles. The molecule has 0 spiro atoms. The molecule has 8 nitrogen and oxygen atoms in total. The summed E-state index contributed by atoms with van der Waals surface area (Å²) < 4.78 is 18.0. The molecule has 196 valence electrons. The summed E-state index contributed by atoms with van der Waals surface area (Å²) in [7, 11) is 1.52. The zero-order valence-electron chi connectivity index (χ0n) is 20.1. The van der Waals surface area contributed by atoms with Crippen molar-refractivity contribution in [3.63, 3.8) is 0 Å². The molecule has 38 heavy (non-hydrogen) atoms. The summed E-state index contributed by atoms with van der Waals surface area (Å²) in [6.45, 7) is 2.43. The third kappa shape index (κ3) is 6.12. The third-order valence-corrected chi connectivity index (χ3v) is 7.53. The van der Waals surface area contributed by atoms with E-state index in [2.05, 4.69) is 15.9 Å². The number of non-ortho nitro benzene ring substituents is 1. The predicted molar refractivity (Wildman–Crippen MR) is 156 cm³/mol. The summed E-state index contributed by atoms with van der Waals surface area (Å²) in [4.78, 5) is 25.5. The summed E-state index contributed by atoms with van der Waals surface area (Å²) in [6, 6.07) is 14.7. The summed E-state index contributed by atoms with van der Waals surface area (Å²) in [5.74, 6) is 1.18. The molecule has 1 saturated heterocycles. The van der Waals surface area contributed by atoms with Gasteiger partial charge in [0.1, 0.15) is 12.4 Å². The highest BCUT2D eigenvalue weighted by Crippen LogP contribution is 2.41. The molecule has 3 aromatic carbocycles. The van der Waals surface area contributed by atoms with E-state index < -0.39 is 4.92 Å². The van der Waals surface area contributed by atoms with Gasteiger partial charge in [0.2, 0.25) is 0 Å². The SMILES string of the molecule is CCOc1cc(/C=C2/SC(=S)N(c3ccc(OC)c(Cl)c3)C2=O)cc(Br)c1OCc1ccc([N+](=O)[O-])cc1. The van der Waals surface area contributed by atoms with Gasteiger partial charge in [-0.15, -0.1) is 0 Å². The first-order valence-electron chi connectivity index (χ1n) is 11.2. The minimum Gasteiger partial charge on any atom is -0.495 e. The molecule has 0 atom stereocenters. The lowest BCUT2D eigenvalue weighted by atomic mass is 10.1. The molecule has 12 heteroatoms. The number of methoxy groups -OCH3 is 1. The zero-order chi connectivity index (χ0) is 27.4. The fourth-order valence-electron chi connectivity index (χ4n) is 3.58. The maximum Gasteiger partial charge on any atom is 0.270 e. The van der Waals surface area contributed by atoms with Gasteiger partial charge in [-0.05, 0) is 82.5 Å². The van der Waals surface area contributed by atoms with Gasteiger partial charge in [0.15, 0.2) is 15.8 Å². The Hall–Kier alpha value is -3.12. The van der Waals surface area contributed by atoms with Gasteiger partial charge < -0.3 is 14.2 Å². The Kier molecular flexibility index (Phi) is 8.93. The molecule has 0 bridgehead atoms. The van der Waals surface area contributed by atoms with Gasteiger partial charge in [-0.3, -0.25) is 19.8 Å². The van der Waals surface area contributed by atoms with E-state index in [-0.39, 0.29) is 18.2 Å². The molecule has 1 aliphatic rings. The van der Waals surface area contributed by atoms with E-state index in [9.17, 15) is 14.9 Å². The van der Waals surface area contributed by atoms with E-state index in [1.165, 1.54) is 35.9 Å². The summed E-state index contributed by atoms with van der Waals surface area (Å²) in [5, 5.41) is 11.3. The van der Waals surface area contributed by atoms with Gasteiger partial charge >= 0.3 is 0 Å². The number of thioether (sulfide) groups is 1. The van der Waals surface area contributed by atoms with Crippen LogP contribution in [0.15, 0.2) is 64.0 Å². The topological polar surface area (TPSA) is 91.1 Å². The fourth-order valence-corrected chi connectivity index (χ4v) is 5.70. The van der Waals surface area contributed by atoms with Gasteiger partial charge in [0.25, 0.3) is 11.6 Å². The predicted octanol–water partition coefficient (Wildman–Crippen LogP) is 7.40. The number of nitro benzene ring substituents is 1. The number of nitrogens with zero attached hydrogens (tertiary/aromatic N) is 2. The van der Waals surface area contributed by atoms with E-state index in [0.29, 0.717) is 53.8 Å². The Morgan fingerprint density at radius 3 is 2.50 bits per heavy atom. The first kappa shape index (κ1) is 27.9. The average Bonchev–Trinajstić information content (AvgIpc) is 3.16. The highest BCUT2D eigenvalue weighted by atomic mass is 79.9. The Bertz CT molecular complexity index is 1450. The van der Waals surface area contributed by atoms with Crippen LogP contribution < -0.4 is 19.1 Å². The van der Waals surface area contributed by atoms with Gasteiger partial charge in [-0.25, -0.2) is 0 Å². The van der Waals surface area contributed by atoms with Gasteiger partial charge in [0.05, 0.1) is 38.7 Å². The monoisotopic (exact) mass is 634 g/mol. The second-order valence-corrected chi connectivity index (χ2v) is 10.7. The highest BCUT2D eigenvalue weighted by molar-refractivity contribution is 9.10. The van der Waals surface area contributed by atoms with E-state index in [4.69, 9.17) is 38.0 Å². The van der Waals surface area contributed by atoms with Gasteiger partial charge in [-0.1, -0.05) is 35.6 Å². The number of nitro groups is 1. The zero-order valence-corrected chi connectivity index (χ0v) is 24.1. The van der Waals surface area contributed by atoms with Crippen LogP contribution in [-0.4, -0.2) is 28.9 Å². The Morgan fingerprint density at radius 1 is 1.13 bits per heavy atom. The van der Waals surface area contributed by atoms with Crippen LogP contribution in [-0.2, 0) is 11.4 Å². The van der Waals surface area contributed by atoms with Crippen molar-refractivity contribution in [1.29, 1.82) is 0 Å². The van der Waals surface area contributed by atoms with E-state index in [0.717, 1.165) is 5.56 Å². The van der Waals surface area contributed by atoms with Crippen molar-refractivity contribution in [2.75, 3.05) is 18.6 Å². The van der Waals surface area contributed by atoms with Gasteiger partial charge in [-0.2, -0.15) is 0 Å². The van der Waals surface area contributed by atoms with Crippen LogP contribution >= 0.6 is 51.5 Å². The van der Waals surface area contributed by atoms with E-state index in [1.807, 2.05) is 13.0 Å². The highest BCUT2D eigenvalue weighted by Gasteiger charge is 2.33. The average molecular weight is 636 g/mol. The maximum atomic E-state index is 13.2. The number of amides is 1. The maximum absolute atomic E-state index is 13.2. The molecule has 0 radical (unpaired) electrons. The Balaban J connectivity index is 1.57. The van der Waals surface area contributed by atoms with E-state index in [1.54, 1.807) is 42.5 Å². The smallest absolute Gasteiger partial charge is 0.270 e. The number of ether oxygens (including phenoxy) is 3. The van der Waals surface area contributed by atoms with Crippen LogP contribution in [0.4, 0.5) is 11.4 Å². The molecular formula is C26H20BrClN2O6S2. The molecular weight excluding hydrogens is 616 g/mol. The number of rotatable bonds is 9. The number of carbonyl (C=O) groups is 1. The van der Waals surface area contributed by atoms with Crippen molar-refractivity contribution in [2.24, 2.45) is 0 Å². The van der Waals surface area contributed by atoms with Crippen molar-refractivity contribution in [2.45, 2.75) is 13.5 Å². The third-order valence-electron chi connectivity index (χ3n) is 5.35. The molecule has 0 saturated carbocycles. The molecule has 3 aromatic rings. The van der Waals surface area contributed by atoms with Crippen LogP contribution in [0.3, 0.4) is 0 Å². The molecule has 1 heterocycles. The molecule has 4 rings (SSSR count). The number of benzene rings is 3. The largest absolute Gasteiger partial charge is 0.495 e. The Morgan fingerprint density at radius 2 is 1.87 bits per heavy atom. The van der Waals surface area contributed by atoms with E-state index >= 15 is 0 Å². The lowest BCUT2D eigenvalue weighted by Gasteiger charge is -2.16. The van der Waals surface area contributed by atoms with Crippen LogP contribution in [0.25, 0.3) is 6.08 Å². The number of carbonyl (C=O) groups excluding carboxylic acids is 1. The summed E-state index contributed by atoms with van der Waals surface area (Å²) in [6.07, 6.45) is 1.73. The molecule has 0 N–H and O–H groups in total. The molecule has 0 aliphatic carbocycles. The summed E-state index contributed by atoms with van der Waals surface area (Å²) in [5.41, 5.74) is 2.02. The van der Waals surface area contributed by atoms with Gasteiger partial charge in [0, 0.05) is 12.1 Å². The number of hydrogen-bond acceptors (Lipinski definition) is 8. The van der Waals surface area contributed by atoms with Crippen LogP contribution in [0.1, 0.15) is 18.1 Å². The molecule has 0 aromatic heterocycles. The van der Waals surface area contributed by atoms with Crippen molar-refractivity contribution < 1.29 is 23.9 Å². The number of hydrogen-bond donors (Lipinski definition) is 0. The number of halogens is 2. The van der Waals surface area contributed by atoms with Crippen molar-refractivity contribution >= 4 is 79.2 Å². The normalized spacial score (nSPS) is 14.2. The Labute approximate surface area is 241 Å².